The Hall–Kier alpha value is -0.360. The monoisotopic (exact) mass is 173 g/mol. The summed E-state index contributed by atoms with van der Waals surface area (Å²) in [5, 5.41) is 3.54. The van der Waals surface area contributed by atoms with Crippen LogP contribution in [0.5, 0.6) is 0 Å². The van der Waals surface area contributed by atoms with E-state index in [9.17, 15) is 0 Å². The molecular weight excluding hydrogens is 157 g/mol. The molecule has 0 N–H and O–H groups in total. The Labute approximate surface area is 70.6 Å². The quantitative estimate of drug-likeness (QED) is 0.642. The molecule has 0 fully saturated rings. The number of aryl methyl sites for hydroxylation is 1. The van der Waals surface area contributed by atoms with Gasteiger partial charge in [0.25, 0.3) is 0 Å². The van der Waals surface area contributed by atoms with Gasteiger partial charge in [0.05, 0.1) is 5.69 Å². The van der Waals surface area contributed by atoms with Gasteiger partial charge in [0, 0.05) is 6.07 Å². The first kappa shape index (κ1) is 10.6. The second-order valence-electron chi connectivity index (χ2n) is 2.28. The number of hydrogen-bond donors (Lipinski definition) is 0. The third-order valence-corrected chi connectivity index (χ3v) is 1.53. The minimum Gasteiger partial charge on any atom is -0.365 e. The van der Waals surface area contributed by atoms with Crippen LogP contribution in [-0.4, -0.2) is 11.3 Å². The zero-order chi connectivity index (χ0) is 8.53. The van der Waals surface area contributed by atoms with Crippen molar-refractivity contribution >= 4 is 9.24 Å². The molecule has 0 saturated heterocycles. The zero-order valence-electron chi connectivity index (χ0n) is 7.21. The summed E-state index contributed by atoms with van der Waals surface area (Å²) in [5.41, 5.74) is 0.926. The summed E-state index contributed by atoms with van der Waals surface area (Å²) >= 11 is 0. The minimum absolute atomic E-state index is 0.926. The molecule has 0 amide bonds. The maximum atomic E-state index is 4.46. The lowest BCUT2D eigenvalue weighted by Crippen LogP contribution is -1.64. The van der Waals surface area contributed by atoms with Gasteiger partial charge in [0.2, 0.25) is 0 Å². The average Bonchev–Trinajstić information content (AvgIpc) is 2.43. The molecule has 2 nitrogen and oxygen atoms in total. The molecule has 1 atom stereocenters. The molecule has 0 spiro atoms. The van der Waals surface area contributed by atoms with E-state index < -0.39 is 0 Å². The van der Waals surface area contributed by atoms with Gasteiger partial charge < -0.3 is 4.52 Å². The van der Waals surface area contributed by atoms with Crippen molar-refractivity contribution in [3.05, 3.63) is 18.0 Å². The number of hydrogen-bond acceptors (Lipinski definition) is 2. The average molecular weight is 173 g/mol. The highest BCUT2D eigenvalue weighted by molar-refractivity contribution is 7.16. The van der Waals surface area contributed by atoms with Gasteiger partial charge >= 0.3 is 0 Å². The summed E-state index contributed by atoms with van der Waals surface area (Å²) in [7, 11) is 2.70. The van der Waals surface area contributed by atoms with E-state index in [1.807, 2.05) is 6.92 Å². The molecule has 0 radical (unpaired) electrons. The van der Waals surface area contributed by atoms with Crippen LogP contribution in [0.1, 0.15) is 25.5 Å². The van der Waals surface area contributed by atoms with E-state index in [2.05, 4.69) is 25.8 Å². The molecule has 64 valence electrons. The molecule has 0 saturated carbocycles. The van der Waals surface area contributed by atoms with Crippen LogP contribution in [0, 0.1) is 6.92 Å². The fourth-order valence-electron chi connectivity index (χ4n) is 0.477. The molecule has 0 aliphatic rings. The van der Waals surface area contributed by atoms with Crippen LogP contribution in [-0.2, 0) is 0 Å². The number of unbranched alkanes of at least 4 members (excludes halogenated alkanes) is 1. The van der Waals surface area contributed by atoms with Crippen molar-refractivity contribution < 1.29 is 4.52 Å². The lowest BCUT2D eigenvalue weighted by molar-refractivity contribution is 0.415. The molecule has 11 heavy (non-hydrogen) atoms. The summed E-state index contributed by atoms with van der Waals surface area (Å²) < 4.78 is 4.46. The van der Waals surface area contributed by atoms with Gasteiger partial charge in [-0.1, -0.05) is 24.9 Å². The van der Waals surface area contributed by atoms with Crippen molar-refractivity contribution in [2.24, 2.45) is 0 Å². The fourth-order valence-corrected chi connectivity index (χ4v) is 0.885. The van der Waals surface area contributed by atoms with Crippen LogP contribution >= 0.6 is 9.24 Å². The fraction of sp³-hybridized carbons (Fsp3) is 0.625. The standard InChI is InChI=1S/C4H5NO.C4H11P/c1-4-2-3-6-5-4;1-2-3-4-5/h2-3H,1H3;2-5H2,1H3. The number of rotatable bonds is 2. The highest BCUT2D eigenvalue weighted by atomic mass is 31.0. The Morgan fingerprint density at radius 2 is 2.36 bits per heavy atom. The predicted molar refractivity (Wildman–Crippen MR) is 50.7 cm³/mol. The van der Waals surface area contributed by atoms with E-state index in [4.69, 9.17) is 0 Å². The van der Waals surface area contributed by atoms with Crippen LogP contribution in [0.4, 0.5) is 0 Å². The number of nitrogens with zero attached hydrogens (tertiary/aromatic N) is 1. The second-order valence-corrected chi connectivity index (χ2v) is 2.86. The molecule has 0 aliphatic carbocycles. The molecule has 0 aliphatic heterocycles. The van der Waals surface area contributed by atoms with Gasteiger partial charge in [-0.15, -0.1) is 9.24 Å². The highest BCUT2D eigenvalue weighted by Gasteiger charge is 1.78. The van der Waals surface area contributed by atoms with Crippen molar-refractivity contribution in [2.45, 2.75) is 26.7 Å². The van der Waals surface area contributed by atoms with Gasteiger partial charge in [-0.05, 0) is 13.1 Å². The molecule has 0 bridgehead atoms. The molecular formula is C8H16NOP. The topological polar surface area (TPSA) is 26.0 Å². The van der Waals surface area contributed by atoms with Crippen LogP contribution in [0.3, 0.4) is 0 Å². The summed E-state index contributed by atoms with van der Waals surface area (Å²) in [6.45, 7) is 4.08. The summed E-state index contributed by atoms with van der Waals surface area (Å²) in [4.78, 5) is 0. The summed E-state index contributed by atoms with van der Waals surface area (Å²) in [6, 6.07) is 1.81. The Kier molecular flexibility index (Phi) is 7.49. The van der Waals surface area contributed by atoms with Crippen molar-refractivity contribution in [2.75, 3.05) is 6.16 Å². The zero-order valence-corrected chi connectivity index (χ0v) is 8.36. The van der Waals surface area contributed by atoms with Crippen LogP contribution < -0.4 is 0 Å². The van der Waals surface area contributed by atoms with Gasteiger partial charge in [-0.3, -0.25) is 0 Å². The SMILES string of the molecule is CCCCP.Cc1ccon1. The Morgan fingerprint density at radius 3 is 2.45 bits per heavy atom. The van der Waals surface area contributed by atoms with Crippen molar-refractivity contribution in [3.8, 4) is 0 Å². The summed E-state index contributed by atoms with van der Waals surface area (Å²) in [6.07, 6.45) is 5.49. The van der Waals surface area contributed by atoms with E-state index >= 15 is 0 Å². The maximum Gasteiger partial charge on any atom is 0.124 e. The van der Waals surface area contributed by atoms with E-state index in [0.717, 1.165) is 5.69 Å². The first-order valence-electron chi connectivity index (χ1n) is 3.88. The molecule has 1 aromatic heterocycles. The Morgan fingerprint density at radius 1 is 1.64 bits per heavy atom. The van der Waals surface area contributed by atoms with E-state index in [0.29, 0.717) is 0 Å². The third kappa shape index (κ3) is 7.54. The van der Waals surface area contributed by atoms with Gasteiger partial charge in [0.15, 0.2) is 0 Å². The predicted octanol–water partition coefficient (Wildman–Crippen LogP) is 2.64. The number of aromatic nitrogens is 1. The van der Waals surface area contributed by atoms with E-state index in [-0.39, 0.29) is 0 Å². The molecule has 1 unspecified atom stereocenters. The highest BCUT2D eigenvalue weighted by Crippen LogP contribution is 1.89. The molecule has 1 heterocycles. The molecule has 1 rings (SSSR count). The molecule has 0 aromatic carbocycles. The van der Waals surface area contributed by atoms with Crippen LogP contribution in [0.15, 0.2) is 16.9 Å². The third-order valence-electron chi connectivity index (χ3n) is 1.12. The first-order valence-corrected chi connectivity index (χ1v) is 4.70. The second kappa shape index (κ2) is 7.74. The van der Waals surface area contributed by atoms with Gasteiger partial charge in [-0.2, -0.15) is 0 Å². The van der Waals surface area contributed by atoms with Crippen molar-refractivity contribution in [1.29, 1.82) is 0 Å². The van der Waals surface area contributed by atoms with Crippen LogP contribution in [0.25, 0.3) is 0 Å². The van der Waals surface area contributed by atoms with Gasteiger partial charge in [0.1, 0.15) is 6.26 Å². The van der Waals surface area contributed by atoms with Crippen LogP contribution in [0.2, 0.25) is 0 Å². The van der Waals surface area contributed by atoms with Crippen molar-refractivity contribution in [1.82, 2.24) is 5.16 Å². The van der Waals surface area contributed by atoms with Crippen molar-refractivity contribution in [3.63, 3.8) is 0 Å². The normalized spacial score (nSPS) is 8.64. The largest absolute Gasteiger partial charge is 0.365 e. The maximum absolute atomic E-state index is 4.46. The van der Waals surface area contributed by atoms with Gasteiger partial charge in [-0.25, -0.2) is 0 Å². The lowest BCUT2D eigenvalue weighted by Gasteiger charge is -1.79. The summed E-state index contributed by atoms with van der Waals surface area (Å²) in [5.74, 6) is 0. The first-order chi connectivity index (χ1) is 5.31. The Bertz CT molecular complexity index is 149. The smallest absolute Gasteiger partial charge is 0.124 e. The Balaban J connectivity index is 0.000000187. The van der Waals surface area contributed by atoms with E-state index in [1.165, 1.54) is 19.0 Å². The molecule has 3 heteroatoms. The lowest BCUT2D eigenvalue weighted by atomic mass is 10.4. The molecule has 1 aromatic rings. The van der Waals surface area contributed by atoms with E-state index in [1.54, 1.807) is 12.3 Å². The minimum atomic E-state index is 0.926.